The first-order chi connectivity index (χ1) is 71.2. The fourth-order valence-corrected chi connectivity index (χ4v) is 23.9. The van der Waals surface area contributed by atoms with Gasteiger partial charge in [0.25, 0.3) is 0 Å². The van der Waals surface area contributed by atoms with Crippen molar-refractivity contribution in [3.63, 3.8) is 0 Å². The molecule has 21 rings (SSSR count). The van der Waals surface area contributed by atoms with Gasteiger partial charge in [0.05, 0.1) is 99.6 Å². The molecule has 13 heterocycles. The van der Waals surface area contributed by atoms with Crippen molar-refractivity contribution in [1.29, 1.82) is 0 Å². The van der Waals surface area contributed by atoms with E-state index in [-0.39, 0.29) is 10.4 Å². The largest absolute Gasteiger partial charge is 0.491 e. The number of nitrogen functional groups attached to an aromatic ring is 1. The van der Waals surface area contributed by atoms with E-state index < -0.39 is 44.8 Å². The molecule has 0 radical (unpaired) electrons. The second-order valence-electron chi connectivity index (χ2n) is 43.0. The number of hydrogen-bond acceptors (Lipinski definition) is 34. The van der Waals surface area contributed by atoms with Gasteiger partial charge in [0.15, 0.2) is 74.6 Å². The topological polar surface area (TPSA) is 427 Å². The smallest absolute Gasteiger partial charge is 0.412 e. The number of carbonyl (C=O) groups excluding carboxylic acids is 2. The number of amides is 2. The average molecular weight is 2210 g/mol. The van der Waals surface area contributed by atoms with E-state index in [9.17, 15) is 23.3 Å². The normalized spacial score (nSPS) is 16.9. The number of nitrogens with two attached hydrogens (primary N) is 1. The number of carbonyl (C=O) groups is 2. The second kappa shape index (κ2) is 47.3. The Kier molecular flexibility index (Phi) is 35.4. The third-order valence-electron chi connectivity index (χ3n) is 28.1. The van der Waals surface area contributed by atoms with Crippen LogP contribution < -0.4 is 107 Å². The summed E-state index contributed by atoms with van der Waals surface area (Å²) in [5.41, 5.74) is 12.9. The van der Waals surface area contributed by atoms with Gasteiger partial charge in [-0.3, -0.25) is 10.6 Å². The van der Waals surface area contributed by atoms with Crippen LogP contribution in [0.2, 0.25) is 25.5 Å². The van der Waals surface area contributed by atoms with E-state index in [1.54, 1.807) is 132 Å². The van der Waals surface area contributed by atoms with E-state index >= 15 is 0 Å². The lowest BCUT2D eigenvalue weighted by molar-refractivity contribution is 0.0603. The van der Waals surface area contributed by atoms with Crippen LogP contribution in [0, 0.1) is 27.1 Å². The highest BCUT2D eigenvalue weighted by Crippen LogP contribution is 2.57. The number of nitrogens with one attached hydrogen (secondary N) is 8. The van der Waals surface area contributed by atoms with Crippen LogP contribution in [-0.4, -0.2) is 219 Å². The number of anilines is 17. The first-order valence-electron chi connectivity index (χ1n) is 50.0. The molecule has 5 aliphatic heterocycles. The molecule has 2 amide bonds. The van der Waals surface area contributed by atoms with Crippen LogP contribution in [0.1, 0.15) is 138 Å². The zero-order chi connectivity index (χ0) is 108. The highest BCUT2D eigenvalue weighted by molar-refractivity contribution is 7.71. The number of ether oxygens (including phenoxy) is 7. The highest BCUT2D eigenvalue weighted by atomic mass is 35.5. The summed E-state index contributed by atoms with van der Waals surface area (Å²) in [5.74, 6) is 8.23. The number of aromatic nitrogens is 11. The predicted molar refractivity (Wildman–Crippen MR) is 605 cm³/mol. The molecule has 5 saturated heterocycles. The summed E-state index contributed by atoms with van der Waals surface area (Å²) in [6.45, 7) is 32.2. The molecule has 5 spiro atoms. The van der Waals surface area contributed by atoms with Crippen molar-refractivity contribution in [2.24, 2.45) is 27.1 Å². The molecule has 802 valence electrons. The van der Waals surface area contributed by atoms with Gasteiger partial charge in [-0.25, -0.2) is 49.5 Å². The number of halogens is 5. The Morgan fingerprint density at radius 1 is 0.353 bits per heavy atom. The van der Waals surface area contributed by atoms with Crippen molar-refractivity contribution < 1.29 is 56.4 Å². The lowest BCUT2D eigenvalue weighted by Gasteiger charge is -2.56. The third kappa shape index (κ3) is 27.7. The first kappa shape index (κ1) is 112. The number of pyridine rings is 5. The lowest BCUT2D eigenvalue weighted by atomic mass is 9.63. The Morgan fingerprint density at radius 2 is 0.640 bits per heavy atom. The van der Waals surface area contributed by atoms with E-state index in [1.165, 1.54) is 141 Å². The summed E-state index contributed by atoms with van der Waals surface area (Å²) < 4.78 is 75.5. The Hall–Kier alpha value is -11.7. The van der Waals surface area contributed by atoms with Crippen molar-refractivity contribution in [1.82, 2.24) is 60.1 Å². The van der Waals surface area contributed by atoms with Gasteiger partial charge < -0.3 is 104 Å². The Bertz CT molecular complexity index is 6570. The molecule has 0 bridgehead atoms. The molecule has 11 aromatic rings. The molecule has 0 atom stereocenters. The molecule has 5 saturated carbocycles. The van der Waals surface area contributed by atoms with Crippen molar-refractivity contribution in [3.8, 4) is 28.7 Å². The Labute approximate surface area is 902 Å². The average Bonchev–Trinajstić information content (AvgIpc) is 0.748. The zero-order valence-corrected chi connectivity index (χ0v) is 94.5. The minimum absolute atomic E-state index is 0.0977. The van der Waals surface area contributed by atoms with Crippen molar-refractivity contribution in [3.05, 3.63) is 178 Å². The summed E-state index contributed by atoms with van der Waals surface area (Å²) in [6.07, 6.45) is 32.2. The van der Waals surface area contributed by atoms with Crippen molar-refractivity contribution in [2.45, 2.75) is 149 Å². The predicted octanol–water partition coefficient (Wildman–Crippen LogP) is 23.2. The van der Waals surface area contributed by atoms with E-state index in [4.69, 9.17) is 96.9 Å². The molecule has 10 aliphatic rings. The van der Waals surface area contributed by atoms with Crippen LogP contribution in [0.5, 0.6) is 28.7 Å². The Balaban J connectivity index is 0.000000136. The maximum absolute atomic E-state index is 12.7. The Morgan fingerprint density at radius 3 is 0.933 bits per heavy atom. The van der Waals surface area contributed by atoms with Crippen LogP contribution in [0.3, 0.4) is 0 Å². The first-order valence-corrected chi connectivity index (χ1v) is 59.7. The number of para-hydroxylation sites is 3. The van der Waals surface area contributed by atoms with E-state index in [0.717, 1.165) is 114 Å². The minimum atomic E-state index is -2.50. The standard InChI is InChI=1S/2C24H28ClN6O2P.C17H25N3O3.C12H12Cl2N3OP.C12H17N3O.C11H15ClN2O3.C6H11N/c2*1-33-20-18(9-12-26-22(20)31-14-24(15-31)10-6-11-24)29-23-27-13-16(25)21(30-23)28-17-7-4-5-8-19(17)34(2,3)32;1-16(2,3)23-15(21)19-12-6-9-18-14(13(12)22-4)20-10-17(11-20)7-5-8-17;1-19(2,18)10-6-4-3-5-9(10)16-11-8(13)7-15-12(14)17-11;1-16-10-9(13)3-6-14-11(10)15-7-12(8-15)4-2-5-12;1-11(2,3)17-10(15)14-7-5-6-13-9(12)8(7)16-4;1-2-6(3-1)4-7-5-6/h2*4-5,7-9,12-13H,6,10-11,14-15H2,1-3H3,(H2,26,27,28,29,30);6,9H,5,7-8,10-11H2,1-4H3,(H,18,19,21);3-7H,1-2H3,(H,15,16,17);3,6H,2,4-5,7-8H2,1H3,(H2,13,14);5-6H,1-4H3,(H,13,14,15);7H,1-5H2. The summed E-state index contributed by atoms with van der Waals surface area (Å²) in [6, 6.07) is 31.0. The number of methoxy groups -OCH3 is 5. The van der Waals surface area contributed by atoms with Crippen molar-refractivity contribution >= 4 is 206 Å². The van der Waals surface area contributed by atoms with Crippen LogP contribution in [0.4, 0.5) is 108 Å². The molecule has 5 aliphatic carbocycles. The minimum Gasteiger partial charge on any atom is -0.491 e. The fourth-order valence-electron chi connectivity index (χ4n) is 19.7. The maximum Gasteiger partial charge on any atom is 0.412 e. The molecule has 150 heavy (non-hydrogen) atoms. The van der Waals surface area contributed by atoms with E-state index in [2.05, 4.69) is 117 Å². The van der Waals surface area contributed by atoms with Gasteiger partial charge in [0.1, 0.15) is 47.7 Å². The lowest BCUT2D eigenvalue weighted by Crippen LogP contribution is -2.60. The van der Waals surface area contributed by atoms with E-state index in [0.29, 0.717) is 123 Å². The summed E-state index contributed by atoms with van der Waals surface area (Å²) in [7, 11) is 0.583. The van der Waals surface area contributed by atoms with Crippen LogP contribution in [0.25, 0.3) is 0 Å². The molecule has 10 N–H and O–H groups in total. The molecular formula is C106H136Cl5N24O12P3. The number of rotatable bonds is 24. The quantitative estimate of drug-likeness (QED) is 0.0154. The SMILES string of the molecule is C1CC2(C1)CNC2.COc1c(N)ccnc1N1CC2(CCC2)C1.COc1c(NC(=O)OC(C)(C)C)ccnc1Cl.COc1c(NC(=O)OC(C)(C)C)ccnc1N1CC2(CCC2)C1.COc1c(Nc2ncc(Cl)c(Nc3ccccc3P(C)(C)=O)n2)ccnc1N1CC2(CCC2)C1.COc1c(Nc2ncc(Cl)c(Nc3ccccc3P(C)(C)=O)n2)ccnc1N1CC2(CCC2)C1.CP(C)(=O)c1ccccc1Nc1nc(Cl)ncc1Cl. The van der Waals surface area contributed by atoms with Gasteiger partial charge in [-0.15, -0.1) is 0 Å². The van der Waals surface area contributed by atoms with Crippen LogP contribution in [0.15, 0.2) is 153 Å². The van der Waals surface area contributed by atoms with E-state index in [1.807, 2.05) is 106 Å². The van der Waals surface area contributed by atoms with Crippen molar-refractivity contribution in [2.75, 3.05) is 204 Å². The molecule has 36 nitrogen and oxygen atoms in total. The summed E-state index contributed by atoms with van der Waals surface area (Å²) in [5, 5.41) is 28.1. The molecule has 10 fully saturated rings. The van der Waals surface area contributed by atoms with Gasteiger partial charge in [-0.2, -0.15) is 15.0 Å². The van der Waals surface area contributed by atoms with Gasteiger partial charge in [-0.1, -0.05) is 115 Å². The molecule has 8 aromatic heterocycles. The van der Waals surface area contributed by atoms with Crippen LogP contribution >= 0.6 is 79.4 Å². The molecule has 3 aromatic carbocycles. The number of hydrogen-bond donors (Lipinski definition) is 9. The summed E-state index contributed by atoms with van der Waals surface area (Å²) in [4.78, 5) is 80.0. The third-order valence-corrected chi connectivity index (χ3v) is 34.0. The fraction of sp³-hybridized carbons (Fsp3) is 0.462. The van der Waals surface area contributed by atoms with Gasteiger partial charge in [-0.05, 0) is 229 Å². The van der Waals surface area contributed by atoms with Gasteiger partial charge in [0, 0.05) is 134 Å². The highest BCUT2D eigenvalue weighted by Gasteiger charge is 2.52. The summed E-state index contributed by atoms with van der Waals surface area (Å²) >= 11 is 30.3. The van der Waals surface area contributed by atoms with Gasteiger partial charge >= 0.3 is 12.2 Å². The number of nitrogens with zero attached hydrogens (tertiary/aromatic N) is 15. The monoisotopic (exact) mass is 2200 g/mol. The second-order valence-corrected chi connectivity index (χ2v) is 54.4. The zero-order valence-electron chi connectivity index (χ0n) is 88.0. The van der Waals surface area contributed by atoms with Gasteiger partial charge in [0.2, 0.25) is 17.2 Å². The molecule has 44 heteroatoms. The molecule has 0 unspecified atom stereocenters. The maximum atomic E-state index is 12.7. The number of benzene rings is 3. The molecular weight excluding hydrogens is 2070 g/mol. The van der Waals surface area contributed by atoms with Crippen LogP contribution in [-0.2, 0) is 23.2 Å².